The van der Waals surface area contributed by atoms with Crippen LogP contribution in [0.5, 0.6) is 0 Å². The van der Waals surface area contributed by atoms with Crippen LogP contribution in [0, 0.1) is 11.3 Å². The quantitative estimate of drug-likeness (QED) is 0.725. The van der Waals surface area contributed by atoms with Crippen LogP contribution in [0.15, 0.2) is 0 Å². The fraction of sp³-hybridized carbons (Fsp3) is 0.933. The summed E-state index contributed by atoms with van der Waals surface area (Å²) in [5, 5.41) is 0. The molecule has 4 atom stereocenters. The van der Waals surface area contributed by atoms with E-state index in [0.717, 1.165) is 25.7 Å². The summed E-state index contributed by atoms with van der Waals surface area (Å²) in [7, 11) is 0. The Morgan fingerprint density at radius 1 is 1.22 bits per heavy atom. The summed E-state index contributed by atoms with van der Waals surface area (Å²) >= 11 is 0. The Labute approximate surface area is 110 Å². The minimum atomic E-state index is -0.0962. The molecule has 2 aliphatic carbocycles. The number of ether oxygens (including phenoxy) is 2. The Kier molecular flexibility index (Phi) is 3.72. The number of hydrogen-bond donors (Lipinski definition) is 0. The van der Waals surface area contributed by atoms with E-state index in [4.69, 9.17) is 9.47 Å². The van der Waals surface area contributed by atoms with Crippen LogP contribution in [0.3, 0.4) is 0 Å². The molecule has 0 amide bonds. The number of fused-ring (bicyclic) bond motifs is 1. The first-order valence-electron chi connectivity index (χ1n) is 7.14. The van der Waals surface area contributed by atoms with Gasteiger partial charge in [-0.1, -0.05) is 6.92 Å². The van der Waals surface area contributed by atoms with Crippen molar-refractivity contribution in [2.45, 2.75) is 77.6 Å². The molecule has 0 heterocycles. The van der Waals surface area contributed by atoms with Crippen molar-refractivity contribution in [3.63, 3.8) is 0 Å². The van der Waals surface area contributed by atoms with Crippen LogP contribution >= 0.6 is 0 Å². The highest BCUT2D eigenvalue weighted by molar-refractivity contribution is 5.37. The Morgan fingerprint density at radius 2 is 1.94 bits per heavy atom. The first-order chi connectivity index (χ1) is 8.37. The van der Waals surface area contributed by atoms with Gasteiger partial charge in [-0.15, -0.1) is 0 Å². The van der Waals surface area contributed by atoms with E-state index >= 15 is 0 Å². The average Bonchev–Trinajstić information content (AvgIpc) is 2.55. The summed E-state index contributed by atoms with van der Waals surface area (Å²) in [6.45, 7) is 9.29. The maximum atomic E-state index is 10.6. The molecule has 2 rings (SSSR count). The lowest BCUT2D eigenvalue weighted by molar-refractivity contribution is -0.153. The van der Waals surface area contributed by atoms with Crippen molar-refractivity contribution in [2.24, 2.45) is 11.3 Å². The maximum absolute atomic E-state index is 10.6. The fourth-order valence-corrected chi connectivity index (χ4v) is 3.93. The number of carbonyl (C=O) groups excluding carboxylic acids is 1. The summed E-state index contributed by atoms with van der Waals surface area (Å²) in [6.07, 6.45) is 5.97. The summed E-state index contributed by atoms with van der Waals surface area (Å²) in [5.41, 5.74) is 0.0836. The van der Waals surface area contributed by atoms with Gasteiger partial charge in [-0.2, -0.15) is 0 Å². The molecule has 2 fully saturated rings. The largest absolute Gasteiger partial charge is 0.464 e. The van der Waals surface area contributed by atoms with Crippen LogP contribution in [-0.4, -0.2) is 24.3 Å². The fourth-order valence-electron chi connectivity index (χ4n) is 3.93. The first-order valence-corrected chi connectivity index (χ1v) is 7.14. The minimum Gasteiger partial charge on any atom is -0.464 e. The van der Waals surface area contributed by atoms with Crippen molar-refractivity contribution in [3.05, 3.63) is 0 Å². The van der Waals surface area contributed by atoms with Crippen molar-refractivity contribution >= 4 is 6.47 Å². The Bertz CT molecular complexity index is 307. The molecule has 2 aliphatic rings. The molecular weight excluding hydrogens is 228 g/mol. The van der Waals surface area contributed by atoms with Crippen LogP contribution in [0.4, 0.5) is 0 Å². The predicted molar refractivity (Wildman–Crippen MR) is 70.2 cm³/mol. The highest BCUT2D eigenvalue weighted by Crippen LogP contribution is 2.54. The zero-order chi connectivity index (χ0) is 13.4. The molecule has 3 nitrogen and oxygen atoms in total. The molecule has 0 saturated heterocycles. The van der Waals surface area contributed by atoms with Crippen LogP contribution < -0.4 is 0 Å². The van der Waals surface area contributed by atoms with Gasteiger partial charge in [-0.25, -0.2) is 0 Å². The zero-order valence-electron chi connectivity index (χ0n) is 12.1. The third-order valence-corrected chi connectivity index (χ3v) is 4.70. The van der Waals surface area contributed by atoms with E-state index in [9.17, 15) is 4.79 Å². The number of carbonyl (C=O) groups is 1. The summed E-state index contributed by atoms with van der Waals surface area (Å²) in [5.74, 6) is 0.476. The van der Waals surface area contributed by atoms with Gasteiger partial charge < -0.3 is 9.47 Å². The van der Waals surface area contributed by atoms with Gasteiger partial charge in [-0.05, 0) is 52.9 Å². The molecule has 0 unspecified atom stereocenters. The highest BCUT2D eigenvalue weighted by atomic mass is 16.5. The van der Waals surface area contributed by atoms with Crippen molar-refractivity contribution in [1.82, 2.24) is 0 Å². The number of rotatable bonds is 3. The van der Waals surface area contributed by atoms with E-state index in [1.54, 1.807) is 0 Å². The topological polar surface area (TPSA) is 35.5 Å². The molecule has 3 heteroatoms. The van der Waals surface area contributed by atoms with Gasteiger partial charge >= 0.3 is 0 Å². The van der Waals surface area contributed by atoms with Gasteiger partial charge in [0.25, 0.3) is 6.47 Å². The maximum Gasteiger partial charge on any atom is 0.293 e. The van der Waals surface area contributed by atoms with E-state index < -0.39 is 0 Å². The minimum absolute atomic E-state index is 0.0962. The second kappa shape index (κ2) is 4.84. The lowest BCUT2D eigenvalue weighted by Gasteiger charge is -2.45. The zero-order valence-corrected chi connectivity index (χ0v) is 12.1. The van der Waals surface area contributed by atoms with E-state index in [0.29, 0.717) is 18.5 Å². The van der Waals surface area contributed by atoms with Crippen molar-refractivity contribution in [1.29, 1.82) is 0 Å². The van der Waals surface area contributed by atoms with Gasteiger partial charge in [0.15, 0.2) is 0 Å². The first kappa shape index (κ1) is 13.9. The van der Waals surface area contributed by atoms with Crippen LogP contribution in [0.1, 0.15) is 59.8 Å². The van der Waals surface area contributed by atoms with Crippen LogP contribution in [0.25, 0.3) is 0 Å². The average molecular weight is 254 g/mol. The van der Waals surface area contributed by atoms with Crippen molar-refractivity contribution in [2.75, 3.05) is 0 Å². The monoisotopic (exact) mass is 254 g/mol. The lowest BCUT2D eigenvalue weighted by atomic mass is 9.67. The normalized spacial score (nSPS) is 40.3. The highest BCUT2D eigenvalue weighted by Gasteiger charge is 2.53. The van der Waals surface area contributed by atoms with E-state index in [-0.39, 0.29) is 17.1 Å². The Balaban J connectivity index is 2.12. The Morgan fingerprint density at radius 3 is 2.56 bits per heavy atom. The molecule has 0 N–H and O–H groups in total. The van der Waals surface area contributed by atoms with E-state index in [1.165, 1.54) is 6.42 Å². The molecule has 0 aromatic carbocycles. The van der Waals surface area contributed by atoms with Gasteiger partial charge in [0.2, 0.25) is 0 Å². The summed E-state index contributed by atoms with van der Waals surface area (Å²) < 4.78 is 11.6. The molecule has 0 radical (unpaired) electrons. The van der Waals surface area contributed by atoms with Crippen molar-refractivity contribution in [3.8, 4) is 0 Å². The molecule has 104 valence electrons. The third kappa shape index (κ3) is 2.56. The molecule has 2 saturated carbocycles. The molecule has 18 heavy (non-hydrogen) atoms. The Hall–Kier alpha value is -0.570. The predicted octanol–water partition coefficient (Wildman–Crippen LogP) is 3.31. The van der Waals surface area contributed by atoms with Crippen molar-refractivity contribution < 1.29 is 14.3 Å². The second-order valence-electron chi connectivity index (χ2n) is 7.07. The molecule has 0 aromatic heterocycles. The van der Waals surface area contributed by atoms with Crippen LogP contribution in [-0.2, 0) is 14.3 Å². The SMILES string of the molecule is CC(C)(C)O[C@H]1CC[C@H]2[C@@H](OC=O)CCC[C@]12C. The summed E-state index contributed by atoms with van der Waals surface area (Å²) in [6, 6.07) is 0. The molecule has 0 aromatic rings. The standard InChI is InChI=1S/C15H26O3/c1-14(2,3)18-13-8-7-11-12(17-10-16)6-5-9-15(11,13)4/h10-13H,5-9H2,1-4H3/t11-,12-,13-,15-/m0/s1. The van der Waals surface area contributed by atoms with E-state index in [2.05, 4.69) is 27.7 Å². The molecule has 0 spiro atoms. The van der Waals surface area contributed by atoms with E-state index in [1.807, 2.05) is 0 Å². The van der Waals surface area contributed by atoms with Gasteiger partial charge in [0, 0.05) is 11.3 Å². The molecule has 0 bridgehead atoms. The summed E-state index contributed by atoms with van der Waals surface area (Å²) in [4.78, 5) is 10.6. The second-order valence-corrected chi connectivity index (χ2v) is 7.07. The van der Waals surface area contributed by atoms with Gasteiger partial charge in [0.1, 0.15) is 6.10 Å². The number of hydrogen-bond acceptors (Lipinski definition) is 3. The molecular formula is C15H26O3. The van der Waals surface area contributed by atoms with Gasteiger partial charge in [-0.3, -0.25) is 4.79 Å². The lowest BCUT2D eigenvalue weighted by Crippen LogP contribution is -2.45. The third-order valence-electron chi connectivity index (χ3n) is 4.70. The smallest absolute Gasteiger partial charge is 0.293 e. The molecule has 0 aliphatic heterocycles. The van der Waals surface area contributed by atoms with Crippen LogP contribution in [0.2, 0.25) is 0 Å². The van der Waals surface area contributed by atoms with Gasteiger partial charge in [0.05, 0.1) is 11.7 Å².